The molecule has 0 aliphatic carbocycles. The average molecular weight is 410 g/mol. The number of hydrogen-bond donors (Lipinski definition) is 0. The number of nitrogens with zero attached hydrogens (tertiary/aromatic N) is 5. The summed E-state index contributed by atoms with van der Waals surface area (Å²) in [4.78, 5) is 27.5. The van der Waals surface area contributed by atoms with Gasteiger partial charge in [0, 0.05) is 38.6 Å². The van der Waals surface area contributed by atoms with Gasteiger partial charge in [-0.2, -0.15) is 0 Å². The van der Waals surface area contributed by atoms with Crippen LogP contribution in [0, 0.1) is 0 Å². The number of carbonyl (C=O) groups is 1. The third-order valence-corrected chi connectivity index (χ3v) is 4.37. The number of halogens is 1. The fourth-order valence-electron chi connectivity index (χ4n) is 2.80. The van der Waals surface area contributed by atoms with E-state index in [1.165, 1.54) is 0 Å². The summed E-state index contributed by atoms with van der Waals surface area (Å²) in [5.41, 5.74) is -0.475. The first-order valence-corrected chi connectivity index (χ1v) is 9.26. The van der Waals surface area contributed by atoms with Crippen LogP contribution in [0.25, 0.3) is 0 Å². The van der Waals surface area contributed by atoms with E-state index in [9.17, 15) is 4.79 Å². The van der Waals surface area contributed by atoms with E-state index in [2.05, 4.69) is 25.8 Å². The van der Waals surface area contributed by atoms with Gasteiger partial charge in [-0.3, -0.25) is 4.99 Å². The van der Waals surface area contributed by atoms with Crippen molar-refractivity contribution in [1.29, 1.82) is 0 Å². The number of aliphatic imine (C=N–C) groups is 2. The molecule has 8 heteroatoms. The van der Waals surface area contributed by atoms with Gasteiger partial charge in [-0.05, 0) is 49.7 Å². The second-order valence-corrected chi connectivity index (χ2v) is 8.10. The molecule has 0 aromatic carbocycles. The highest BCUT2D eigenvalue weighted by Gasteiger charge is 2.31. The van der Waals surface area contributed by atoms with Gasteiger partial charge in [-0.1, -0.05) is 0 Å². The van der Waals surface area contributed by atoms with E-state index in [0.29, 0.717) is 26.2 Å². The number of amides is 1. The fraction of sp³-hybridized carbons (Fsp3) is 0.588. The third-order valence-electron chi connectivity index (χ3n) is 3.98. The summed E-state index contributed by atoms with van der Waals surface area (Å²) in [5.74, 6) is 1.69. The highest BCUT2D eigenvalue weighted by atomic mass is 79.9. The van der Waals surface area contributed by atoms with E-state index in [1.54, 1.807) is 4.90 Å². The Hall–Kier alpha value is -1.83. The monoisotopic (exact) mass is 409 g/mol. The normalized spacial score (nSPS) is 23.6. The largest absolute Gasteiger partial charge is 0.444 e. The van der Waals surface area contributed by atoms with Crippen LogP contribution in [0.1, 0.15) is 27.7 Å². The molecule has 1 saturated heterocycles. The maximum Gasteiger partial charge on any atom is 0.410 e. The molecule has 1 atom stereocenters. The molecule has 3 aliphatic rings. The number of rotatable bonds is 0. The Kier molecular flexibility index (Phi) is 4.90. The number of amidine groups is 2. The minimum absolute atomic E-state index is 0.129. The number of hydrogen-bond acceptors (Lipinski definition) is 6. The van der Waals surface area contributed by atoms with Crippen molar-refractivity contribution in [3.05, 3.63) is 23.1 Å². The Balaban J connectivity index is 1.68. The third kappa shape index (κ3) is 4.23. The molecular formula is C17H24BrN5O2. The van der Waals surface area contributed by atoms with E-state index in [0.717, 1.165) is 16.3 Å². The predicted octanol–water partition coefficient (Wildman–Crippen LogP) is 2.76. The first-order valence-electron chi connectivity index (χ1n) is 8.47. The molecule has 0 aromatic rings. The number of fused-ring (bicyclic) bond motifs is 1. The first-order chi connectivity index (χ1) is 11.7. The zero-order valence-electron chi connectivity index (χ0n) is 15.1. The zero-order chi connectivity index (χ0) is 18.2. The summed E-state index contributed by atoms with van der Waals surface area (Å²) in [6, 6.07) is 0.129. The Bertz CT molecular complexity index is 669. The lowest BCUT2D eigenvalue weighted by Crippen LogP contribution is -2.55. The molecule has 3 rings (SSSR count). The van der Waals surface area contributed by atoms with Crippen LogP contribution in [0.3, 0.4) is 0 Å². The van der Waals surface area contributed by atoms with Gasteiger partial charge in [0.25, 0.3) is 0 Å². The van der Waals surface area contributed by atoms with E-state index < -0.39 is 5.60 Å². The summed E-state index contributed by atoms with van der Waals surface area (Å²) in [5, 5.41) is 0. The molecule has 1 amide bonds. The second-order valence-electron chi connectivity index (χ2n) is 7.28. The van der Waals surface area contributed by atoms with Crippen molar-refractivity contribution < 1.29 is 9.53 Å². The van der Waals surface area contributed by atoms with Crippen molar-refractivity contribution in [1.82, 2.24) is 14.7 Å². The summed E-state index contributed by atoms with van der Waals surface area (Å²) in [6.45, 7) is 10.3. The topological polar surface area (TPSA) is 60.7 Å². The Labute approximate surface area is 156 Å². The van der Waals surface area contributed by atoms with Crippen LogP contribution in [-0.2, 0) is 4.74 Å². The van der Waals surface area contributed by atoms with Gasteiger partial charge in [0.15, 0.2) is 11.7 Å². The van der Waals surface area contributed by atoms with Crippen LogP contribution in [-0.4, -0.2) is 70.3 Å². The molecule has 0 spiro atoms. The van der Waals surface area contributed by atoms with Gasteiger partial charge in [0.05, 0.1) is 6.04 Å². The van der Waals surface area contributed by atoms with Crippen LogP contribution in [0.2, 0.25) is 0 Å². The van der Waals surface area contributed by atoms with Gasteiger partial charge in [0.1, 0.15) is 10.2 Å². The first kappa shape index (κ1) is 18.0. The Morgan fingerprint density at radius 1 is 1.24 bits per heavy atom. The molecule has 1 unspecified atom stereocenters. The molecule has 0 N–H and O–H groups in total. The lowest BCUT2D eigenvalue weighted by atomic mass is 10.2. The molecule has 0 aromatic heterocycles. The smallest absolute Gasteiger partial charge is 0.410 e. The Morgan fingerprint density at radius 3 is 2.56 bits per heavy atom. The summed E-state index contributed by atoms with van der Waals surface area (Å²) in [7, 11) is 0. The SMILES string of the molecule is CC1C=CN2C=C(Br)N=C(N3CCN(C(=O)OC(C)(C)C)CC3)C2=N1. The fourth-order valence-corrected chi connectivity index (χ4v) is 3.19. The van der Waals surface area contributed by atoms with Crippen molar-refractivity contribution in [2.24, 2.45) is 9.98 Å². The second kappa shape index (κ2) is 6.82. The highest BCUT2D eigenvalue weighted by Crippen LogP contribution is 2.22. The molecular weight excluding hydrogens is 386 g/mol. The van der Waals surface area contributed by atoms with E-state index in [4.69, 9.17) is 9.73 Å². The highest BCUT2D eigenvalue weighted by molar-refractivity contribution is 9.11. The molecule has 3 heterocycles. The number of piperazine rings is 1. The molecule has 1 fully saturated rings. The molecule has 0 saturated carbocycles. The van der Waals surface area contributed by atoms with Gasteiger partial charge in [-0.15, -0.1) is 0 Å². The molecule has 3 aliphatic heterocycles. The minimum Gasteiger partial charge on any atom is -0.444 e. The van der Waals surface area contributed by atoms with E-state index in [-0.39, 0.29) is 12.1 Å². The maximum absolute atomic E-state index is 12.2. The average Bonchev–Trinajstić information content (AvgIpc) is 2.53. The number of ether oxygens (including phenoxy) is 1. The molecule has 0 bridgehead atoms. The maximum atomic E-state index is 12.2. The minimum atomic E-state index is -0.475. The zero-order valence-corrected chi connectivity index (χ0v) is 16.7. The van der Waals surface area contributed by atoms with Crippen LogP contribution >= 0.6 is 15.9 Å². The quantitative estimate of drug-likeness (QED) is 0.577. The standard InChI is InChI=1S/C17H24BrN5O2/c1-12-5-6-23-11-13(18)20-15(14(23)19-12)21-7-9-22(10-8-21)16(24)25-17(2,3)4/h5-6,11-12H,7-10H2,1-4H3. The molecule has 7 nitrogen and oxygen atoms in total. The van der Waals surface area contributed by atoms with Gasteiger partial charge in [-0.25, -0.2) is 9.79 Å². The van der Waals surface area contributed by atoms with E-state index >= 15 is 0 Å². The summed E-state index contributed by atoms with van der Waals surface area (Å²) >= 11 is 3.47. The van der Waals surface area contributed by atoms with Gasteiger partial charge < -0.3 is 19.4 Å². The summed E-state index contributed by atoms with van der Waals surface area (Å²) < 4.78 is 6.21. The van der Waals surface area contributed by atoms with Crippen molar-refractivity contribution >= 4 is 33.7 Å². The lowest BCUT2D eigenvalue weighted by molar-refractivity contribution is 0.0188. The van der Waals surface area contributed by atoms with Crippen LogP contribution in [0.5, 0.6) is 0 Å². The van der Waals surface area contributed by atoms with Crippen LogP contribution in [0.4, 0.5) is 4.79 Å². The van der Waals surface area contributed by atoms with Gasteiger partial charge in [0.2, 0.25) is 0 Å². The van der Waals surface area contributed by atoms with Crippen LogP contribution < -0.4 is 0 Å². The predicted molar refractivity (Wildman–Crippen MR) is 102 cm³/mol. The number of carbonyl (C=O) groups excluding carboxylic acids is 1. The van der Waals surface area contributed by atoms with Crippen molar-refractivity contribution in [3.63, 3.8) is 0 Å². The lowest BCUT2D eigenvalue weighted by Gasteiger charge is -2.39. The Morgan fingerprint density at radius 2 is 1.92 bits per heavy atom. The van der Waals surface area contributed by atoms with Crippen molar-refractivity contribution in [2.75, 3.05) is 26.2 Å². The summed E-state index contributed by atoms with van der Waals surface area (Å²) in [6.07, 6.45) is 5.71. The molecule has 25 heavy (non-hydrogen) atoms. The van der Waals surface area contributed by atoms with Gasteiger partial charge >= 0.3 is 6.09 Å². The molecule has 136 valence electrons. The van der Waals surface area contributed by atoms with Crippen LogP contribution in [0.15, 0.2) is 33.1 Å². The van der Waals surface area contributed by atoms with Crippen molar-refractivity contribution in [3.8, 4) is 0 Å². The van der Waals surface area contributed by atoms with E-state index in [1.807, 2.05) is 51.1 Å². The molecule has 0 radical (unpaired) electrons. The van der Waals surface area contributed by atoms with Crippen molar-refractivity contribution in [2.45, 2.75) is 39.3 Å².